The van der Waals surface area contributed by atoms with Crippen molar-refractivity contribution in [3.05, 3.63) is 17.5 Å². The number of hydrogen-bond donors (Lipinski definition) is 0. The molecule has 0 aromatic carbocycles. The normalized spacial score (nSPS) is 9.69. The fraction of sp³-hybridized carbons (Fsp3) is 0.286. The molecule has 0 N–H and O–H groups in total. The zero-order chi connectivity index (χ0) is 9.68. The smallest absolute Gasteiger partial charge is 0.316 e. The Balaban J connectivity index is 2.50. The van der Waals surface area contributed by atoms with Gasteiger partial charge in [0.2, 0.25) is 0 Å². The van der Waals surface area contributed by atoms with E-state index in [4.69, 9.17) is 11.6 Å². The summed E-state index contributed by atoms with van der Waals surface area (Å²) in [7, 11) is 1.34. The van der Waals surface area contributed by atoms with Gasteiger partial charge in [-0.2, -0.15) is 0 Å². The van der Waals surface area contributed by atoms with Crippen molar-refractivity contribution in [2.75, 3.05) is 12.9 Å². The summed E-state index contributed by atoms with van der Waals surface area (Å²) in [5.41, 5.74) is 0. The number of aromatic nitrogens is 2. The first-order valence-electron chi connectivity index (χ1n) is 3.39. The van der Waals surface area contributed by atoms with E-state index in [1.165, 1.54) is 25.2 Å². The molecule has 0 fully saturated rings. The molecule has 0 aliphatic carbocycles. The van der Waals surface area contributed by atoms with Crippen LogP contribution in [0.5, 0.6) is 0 Å². The molecule has 70 valence electrons. The Bertz CT molecular complexity index is 308. The van der Waals surface area contributed by atoms with E-state index in [1.807, 2.05) is 0 Å². The monoisotopic (exact) mass is 218 g/mol. The van der Waals surface area contributed by atoms with Crippen LogP contribution in [0.15, 0.2) is 17.4 Å². The highest BCUT2D eigenvalue weighted by atomic mass is 35.5. The standard InChI is InChI=1S/C7H7ClN2O2S/c1-12-7(11)3-13-6-2-5(8)9-4-10-6/h2,4H,3H2,1H3. The molecule has 0 amide bonds. The second kappa shape index (κ2) is 5.04. The van der Waals surface area contributed by atoms with E-state index < -0.39 is 0 Å². The van der Waals surface area contributed by atoms with Crippen molar-refractivity contribution in [2.24, 2.45) is 0 Å². The van der Waals surface area contributed by atoms with Crippen LogP contribution >= 0.6 is 23.4 Å². The van der Waals surface area contributed by atoms with Crippen LogP contribution in [-0.4, -0.2) is 28.8 Å². The summed E-state index contributed by atoms with van der Waals surface area (Å²) >= 11 is 6.87. The number of nitrogens with zero attached hydrogens (tertiary/aromatic N) is 2. The minimum absolute atomic E-state index is 0.226. The van der Waals surface area contributed by atoms with Gasteiger partial charge in [0.05, 0.1) is 12.9 Å². The van der Waals surface area contributed by atoms with Gasteiger partial charge in [0.1, 0.15) is 16.5 Å². The van der Waals surface area contributed by atoms with E-state index in [0.717, 1.165) is 0 Å². The maximum absolute atomic E-state index is 10.8. The van der Waals surface area contributed by atoms with Crippen molar-refractivity contribution in [3.63, 3.8) is 0 Å². The maximum Gasteiger partial charge on any atom is 0.316 e. The van der Waals surface area contributed by atoms with Crippen molar-refractivity contribution < 1.29 is 9.53 Å². The third-order valence-corrected chi connectivity index (χ3v) is 2.28. The average Bonchev–Trinajstić information content (AvgIpc) is 2.14. The van der Waals surface area contributed by atoms with E-state index in [2.05, 4.69) is 14.7 Å². The number of halogens is 1. The fourth-order valence-electron chi connectivity index (χ4n) is 0.588. The SMILES string of the molecule is COC(=O)CSc1cc(Cl)ncn1. The molecule has 4 nitrogen and oxygen atoms in total. The van der Waals surface area contributed by atoms with E-state index >= 15 is 0 Å². The van der Waals surface area contributed by atoms with Gasteiger partial charge < -0.3 is 4.74 Å². The molecule has 1 aromatic heterocycles. The zero-order valence-electron chi connectivity index (χ0n) is 6.86. The molecule has 1 heterocycles. The molecular formula is C7H7ClN2O2S. The number of carbonyl (C=O) groups excluding carboxylic acids is 1. The number of carbonyl (C=O) groups is 1. The van der Waals surface area contributed by atoms with E-state index in [0.29, 0.717) is 10.2 Å². The highest BCUT2D eigenvalue weighted by Gasteiger charge is 2.03. The summed E-state index contributed by atoms with van der Waals surface area (Å²) in [6.07, 6.45) is 1.35. The number of methoxy groups -OCH3 is 1. The molecule has 13 heavy (non-hydrogen) atoms. The first kappa shape index (κ1) is 10.3. The molecular weight excluding hydrogens is 212 g/mol. The third-order valence-electron chi connectivity index (χ3n) is 1.17. The van der Waals surface area contributed by atoms with Gasteiger partial charge in [0.25, 0.3) is 0 Å². The van der Waals surface area contributed by atoms with Crippen molar-refractivity contribution in [1.29, 1.82) is 0 Å². The Labute approximate surface area is 84.7 Å². The van der Waals surface area contributed by atoms with E-state index in [-0.39, 0.29) is 11.7 Å². The van der Waals surface area contributed by atoms with E-state index in [1.54, 1.807) is 6.07 Å². The molecule has 0 spiro atoms. The summed E-state index contributed by atoms with van der Waals surface area (Å²) in [5.74, 6) is -0.0659. The van der Waals surface area contributed by atoms with Gasteiger partial charge in [-0.05, 0) is 0 Å². The van der Waals surface area contributed by atoms with Crippen LogP contribution in [0.4, 0.5) is 0 Å². The number of hydrogen-bond acceptors (Lipinski definition) is 5. The Hall–Kier alpha value is -0.810. The molecule has 1 rings (SSSR count). The Morgan fingerprint density at radius 1 is 1.69 bits per heavy atom. The summed E-state index contributed by atoms with van der Waals surface area (Å²) in [4.78, 5) is 18.4. The van der Waals surface area contributed by atoms with Crippen molar-refractivity contribution in [3.8, 4) is 0 Å². The van der Waals surface area contributed by atoms with Crippen molar-refractivity contribution >= 4 is 29.3 Å². The molecule has 0 bridgehead atoms. The highest BCUT2D eigenvalue weighted by molar-refractivity contribution is 7.99. The first-order valence-corrected chi connectivity index (χ1v) is 4.76. The van der Waals surface area contributed by atoms with Gasteiger partial charge in [-0.15, -0.1) is 0 Å². The lowest BCUT2D eigenvalue weighted by molar-refractivity contribution is -0.137. The predicted molar refractivity (Wildman–Crippen MR) is 49.8 cm³/mol. The lowest BCUT2D eigenvalue weighted by Gasteiger charge is -1.98. The van der Waals surface area contributed by atoms with Crippen molar-refractivity contribution in [2.45, 2.75) is 5.03 Å². The minimum Gasteiger partial charge on any atom is -0.468 e. The predicted octanol–water partition coefficient (Wildman–Crippen LogP) is 1.40. The lowest BCUT2D eigenvalue weighted by Crippen LogP contribution is -2.03. The summed E-state index contributed by atoms with van der Waals surface area (Å²) < 4.78 is 4.47. The first-order chi connectivity index (χ1) is 6.22. The van der Waals surface area contributed by atoms with Gasteiger partial charge in [-0.3, -0.25) is 4.79 Å². The Kier molecular flexibility index (Phi) is 3.98. The molecule has 0 aliphatic rings. The maximum atomic E-state index is 10.8. The van der Waals surface area contributed by atoms with Crippen LogP contribution < -0.4 is 0 Å². The van der Waals surface area contributed by atoms with Crippen LogP contribution in [0.3, 0.4) is 0 Å². The molecule has 6 heteroatoms. The summed E-state index contributed by atoms with van der Waals surface area (Å²) in [5, 5.41) is 1.02. The lowest BCUT2D eigenvalue weighted by atomic mass is 10.7. The van der Waals surface area contributed by atoms with Crippen LogP contribution in [0, 0.1) is 0 Å². The van der Waals surface area contributed by atoms with Crippen molar-refractivity contribution in [1.82, 2.24) is 9.97 Å². The molecule has 0 atom stereocenters. The highest BCUT2D eigenvalue weighted by Crippen LogP contribution is 2.16. The number of thioether (sulfide) groups is 1. The second-order valence-corrected chi connectivity index (χ2v) is 3.43. The molecule has 1 aromatic rings. The number of esters is 1. The van der Waals surface area contributed by atoms with Crippen LogP contribution in [0.2, 0.25) is 5.15 Å². The van der Waals surface area contributed by atoms with E-state index in [9.17, 15) is 4.79 Å². The molecule has 0 saturated heterocycles. The Morgan fingerprint density at radius 3 is 3.08 bits per heavy atom. The van der Waals surface area contributed by atoms with Crippen LogP contribution in [0.1, 0.15) is 0 Å². The molecule has 0 aliphatic heterocycles. The topological polar surface area (TPSA) is 52.1 Å². The van der Waals surface area contributed by atoms with Gasteiger partial charge in [0.15, 0.2) is 0 Å². The summed E-state index contributed by atoms with van der Waals surface area (Å²) in [6.45, 7) is 0. The zero-order valence-corrected chi connectivity index (χ0v) is 8.43. The quantitative estimate of drug-likeness (QED) is 0.436. The fourth-order valence-corrected chi connectivity index (χ4v) is 1.50. The minimum atomic E-state index is -0.292. The summed E-state index contributed by atoms with van der Waals surface area (Å²) in [6, 6.07) is 1.59. The number of ether oxygens (including phenoxy) is 1. The molecule has 0 unspecified atom stereocenters. The van der Waals surface area contributed by atoms with Gasteiger partial charge >= 0.3 is 5.97 Å². The van der Waals surface area contributed by atoms with Gasteiger partial charge in [0, 0.05) is 6.07 Å². The molecule has 0 saturated carbocycles. The van der Waals surface area contributed by atoms with Gasteiger partial charge in [-0.1, -0.05) is 23.4 Å². The number of rotatable bonds is 3. The second-order valence-electron chi connectivity index (χ2n) is 2.04. The Morgan fingerprint density at radius 2 is 2.46 bits per heavy atom. The molecule has 0 radical (unpaired) electrons. The average molecular weight is 219 g/mol. The largest absolute Gasteiger partial charge is 0.468 e. The van der Waals surface area contributed by atoms with Crippen LogP contribution in [0.25, 0.3) is 0 Å². The third kappa shape index (κ3) is 3.61. The van der Waals surface area contributed by atoms with Gasteiger partial charge in [-0.25, -0.2) is 9.97 Å². The van der Waals surface area contributed by atoms with Crippen LogP contribution in [-0.2, 0) is 9.53 Å².